The van der Waals surface area contributed by atoms with Gasteiger partial charge in [0, 0.05) is 6.92 Å². The van der Waals surface area contributed by atoms with Gasteiger partial charge in [0.1, 0.15) is 6.10 Å². The van der Waals surface area contributed by atoms with Crippen LogP contribution >= 0.6 is 0 Å². The fourth-order valence-corrected chi connectivity index (χ4v) is 2.35. The molecule has 1 heterocycles. The van der Waals surface area contributed by atoms with E-state index in [2.05, 4.69) is 12.2 Å². The van der Waals surface area contributed by atoms with Crippen molar-refractivity contribution < 1.29 is 19.0 Å². The fourth-order valence-electron chi connectivity index (χ4n) is 2.35. The molecule has 0 saturated carbocycles. The van der Waals surface area contributed by atoms with Gasteiger partial charge in [-0.05, 0) is 44.3 Å². The number of allylic oxidation sites excluding steroid dienone is 2. The highest BCUT2D eigenvalue weighted by molar-refractivity contribution is 5.66. The Morgan fingerprint density at radius 1 is 1.37 bits per heavy atom. The molecule has 2 rings (SSSR count). The normalized spacial score (nSPS) is 34.2. The van der Waals surface area contributed by atoms with E-state index in [0.717, 1.165) is 12.8 Å². The van der Waals surface area contributed by atoms with E-state index in [1.54, 1.807) is 0 Å². The molecule has 0 bridgehead atoms. The zero-order chi connectivity index (χ0) is 13.7. The molecule has 0 radical (unpaired) electrons. The molecule has 1 aliphatic heterocycles. The quantitative estimate of drug-likeness (QED) is 0.579. The first-order valence-electron chi connectivity index (χ1n) is 6.92. The summed E-state index contributed by atoms with van der Waals surface area (Å²) >= 11 is 0. The number of carbonyl (C=O) groups excluding carboxylic acids is 1. The SMILES string of the molecule is CC(=O)O[C@@H]1C=C[C@@H](OCC2CC=CCC2)O[C@H]1C. The van der Waals surface area contributed by atoms with Crippen LogP contribution < -0.4 is 0 Å². The molecule has 106 valence electrons. The maximum absolute atomic E-state index is 10.9. The molecule has 0 aromatic carbocycles. The van der Waals surface area contributed by atoms with E-state index >= 15 is 0 Å². The molecule has 0 aromatic heterocycles. The van der Waals surface area contributed by atoms with Crippen LogP contribution in [0.5, 0.6) is 0 Å². The topological polar surface area (TPSA) is 44.8 Å². The molecular formula is C15H22O4. The molecular weight excluding hydrogens is 244 g/mol. The first-order valence-corrected chi connectivity index (χ1v) is 6.92. The van der Waals surface area contributed by atoms with Crippen molar-refractivity contribution in [2.45, 2.75) is 51.6 Å². The second-order valence-corrected chi connectivity index (χ2v) is 5.15. The molecule has 0 spiro atoms. The highest BCUT2D eigenvalue weighted by Crippen LogP contribution is 2.21. The van der Waals surface area contributed by atoms with E-state index in [1.807, 2.05) is 19.1 Å². The number of hydrogen-bond acceptors (Lipinski definition) is 4. The lowest BCUT2D eigenvalue weighted by Gasteiger charge is -2.30. The first kappa shape index (κ1) is 14.3. The molecule has 19 heavy (non-hydrogen) atoms. The average Bonchev–Trinajstić information content (AvgIpc) is 2.40. The van der Waals surface area contributed by atoms with Gasteiger partial charge >= 0.3 is 5.97 Å². The summed E-state index contributed by atoms with van der Waals surface area (Å²) in [5, 5.41) is 0. The second-order valence-electron chi connectivity index (χ2n) is 5.15. The Morgan fingerprint density at radius 3 is 2.84 bits per heavy atom. The zero-order valence-electron chi connectivity index (χ0n) is 11.6. The maximum atomic E-state index is 10.9. The van der Waals surface area contributed by atoms with Crippen molar-refractivity contribution in [3.63, 3.8) is 0 Å². The van der Waals surface area contributed by atoms with Crippen molar-refractivity contribution in [2.75, 3.05) is 6.61 Å². The Balaban J connectivity index is 1.76. The summed E-state index contributed by atoms with van der Waals surface area (Å²) in [6, 6.07) is 0. The smallest absolute Gasteiger partial charge is 0.303 e. The fraction of sp³-hybridized carbons (Fsp3) is 0.667. The van der Waals surface area contributed by atoms with Gasteiger partial charge in [-0.2, -0.15) is 0 Å². The van der Waals surface area contributed by atoms with Gasteiger partial charge in [0.15, 0.2) is 6.29 Å². The molecule has 0 fully saturated rings. The van der Waals surface area contributed by atoms with Gasteiger partial charge in [-0.25, -0.2) is 0 Å². The van der Waals surface area contributed by atoms with Crippen LogP contribution in [0.25, 0.3) is 0 Å². The van der Waals surface area contributed by atoms with Crippen molar-refractivity contribution in [3.8, 4) is 0 Å². The summed E-state index contributed by atoms with van der Waals surface area (Å²) in [4.78, 5) is 10.9. The number of carbonyl (C=O) groups is 1. The highest BCUT2D eigenvalue weighted by atomic mass is 16.7. The van der Waals surface area contributed by atoms with Gasteiger partial charge in [0.05, 0.1) is 12.7 Å². The molecule has 0 saturated heterocycles. The summed E-state index contributed by atoms with van der Waals surface area (Å²) in [5.41, 5.74) is 0. The first-order chi connectivity index (χ1) is 9.15. The van der Waals surface area contributed by atoms with Crippen LogP contribution in [-0.2, 0) is 19.0 Å². The molecule has 0 N–H and O–H groups in total. The Labute approximate surface area is 114 Å². The number of rotatable bonds is 4. The van der Waals surface area contributed by atoms with Crippen LogP contribution in [0.3, 0.4) is 0 Å². The van der Waals surface area contributed by atoms with Gasteiger partial charge < -0.3 is 14.2 Å². The summed E-state index contributed by atoms with van der Waals surface area (Å²) in [6.45, 7) is 4.00. The van der Waals surface area contributed by atoms with Crippen LogP contribution in [-0.4, -0.2) is 31.1 Å². The van der Waals surface area contributed by atoms with Crippen LogP contribution in [0.15, 0.2) is 24.3 Å². The molecule has 4 nitrogen and oxygen atoms in total. The van der Waals surface area contributed by atoms with Crippen LogP contribution in [0.4, 0.5) is 0 Å². The molecule has 2 aliphatic rings. The van der Waals surface area contributed by atoms with E-state index < -0.39 is 0 Å². The molecule has 4 heteroatoms. The van der Waals surface area contributed by atoms with Crippen LogP contribution in [0.1, 0.15) is 33.1 Å². The number of esters is 1. The van der Waals surface area contributed by atoms with E-state index in [1.165, 1.54) is 13.3 Å². The Hall–Kier alpha value is -1.13. The summed E-state index contributed by atoms with van der Waals surface area (Å²) < 4.78 is 16.6. The Bertz CT molecular complexity index is 361. The second kappa shape index (κ2) is 6.87. The number of ether oxygens (including phenoxy) is 3. The van der Waals surface area contributed by atoms with Crippen molar-refractivity contribution in [3.05, 3.63) is 24.3 Å². The van der Waals surface area contributed by atoms with Gasteiger partial charge in [-0.1, -0.05) is 12.2 Å². The lowest BCUT2D eigenvalue weighted by atomic mass is 9.95. The van der Waals surface area contributed by atoms with E-state index in [9.17, 15) is 4.79 Å². The van der Waals surface area contributed by atoms with Crippen molar-refractivity contribution >= 4 is 5.97 Å². The van der Waals surface area contributed by atoms with Crippen LogP contribution in [0.2, 0.25) is 0 Å². The van der Waals surface area contributed by atoms with E-state index in [-0.39, 0.29) is 24.5 Å². The minimum Gasteiger partial charge on any atom is -0.456 e. The largest absolute Gasteiger partial charge is 0.456 e. The summed E-state index contributed by atoms with van der Waals surface area (Å²) in [7, 11) is 0. The standard InChI is InChI=1S/C15H22O4/c1-11-14(19-12(2)16)8-9-15(18-11)17-10-13-6-4-3-5-7-13/h3-4,8-9,11,13-15H,5-7,10H2,1-2H3/t11-,13?,14+,15-/m0/s1. The van der Waals surface area contributed by atoms with Gasteiger partial charge in [-0.15, -0.1) is 0 Å². The lowest BCUT2D eigenvalue weighted by molar-refractivity contribution is -0.184. The molecule has 1 unspecified atom stereocenters. The average molecular weight is 266 g/mol. The minimum absolute atomic E-state index is 0.176. The summed E-state index contributed by atoms with van der Waals surface area (Å²) in [5.74, 6) is 0.293. The molecule has 1 aliphatic carbocycles. The third kappa shape index (κ3) is 4.48. The predicted molar refractivity (Wildman–Crippen MR) is 71.5 cm³/mol. The number of hydrogen-bond donors (Lipinski definition) is 0. The predicted octanol–water partition coefficient (Wildman–Crippen LogP) is 2.59. The van der Waals surface area contributed by atoms with Crippen molar-refractivity contribution in [2.24, 2.45) is 5.92 Å². The Kier molecular flexibility index (Phi) is 5.16. The summed E-state index contributed by atoms with van der Waals surface area (Å²) in [6.07, 6.45) is 10.7. The maximum Gasteiger partial charge on any atom is 0.303 e. The Morgan fingerprint density at radius 2 is 2.21 bits per heavy atom. The molecule has 4 atom stereocenters. The zero-order valence-corrected chi connectivity index (χ0v) is 11.6. The molecule has 0 aromatic rings. The monoisotopic (exact) mass is 266 g/mol. The molecule has 0 amide bonds. The van der Waals surface area contributed by atoms with E-state index in [4.69, 9.17) is 14.2 Å². The van der Waals surface area contributed by atoms with Gasteiger partial charge in [-0.3, -0.25) is 4.79 Å². The third-order valence-electron chi connectivity index (χ3n) is 3.45. The van der Waals surface area contributed by atoms with Crippen molar-refractivity contribution in [1.82, 2.24) is 0 Å². The van der Waals surface area contributed by atoms with E-state index in [0.29, 0.717) is 12.5 Å². The lowest BCUT2D eigenvalue weighted by Crippen LogP contribution is -2.37. The van der Waals surface area contributed by atoms with Crippen molar-refractivity contribution in [1.29, 1.82) is 0 Å². The van der Waals surface area contributed by atoms with Gasteiger partial charge in [0.2, 0.25) is 0 Å². The van der Waals surface area contributed by atoms with Gasteiger partial charge in [0.25, 0.3) is 0 Å². The third-order valence-corrected chi connectivity index (χ3v) is 3.45. The van der Waals surface area contributed by atoms with Crippen LogP contribution in [0, 0.1) is 5.92 Å². The minimum atomic E-state index is -0.326. The highest BCUT2D eigenvalue weighted by Gasteiger charge is 2.26.